The topological polar surface area (TPSA) is 55.1 Å². The number of benzene rings is 2. The molecule has 0 aliphatic rings. The number of amides is 1. The van der Waals surface area contributed by atoms with Gasteiger partial charge in [0.2, 0.25) is 5.91 Å². The molecule has 2 rings (SSSR count). The van der Waals surface area contributed by atoms with Gasteiger partial charge < -0.3 is 11.1 Å². The zero-order valence-electron chi connectivity index (χ0n) is 12.4. The van der Waals surface area contributed by atoms with Crippen molar-refractivity contribution in [2.45, 2.75) is 13.8 Å². The lowest BCUT2D eigenvalue weighted by Crippen LogP contribution is -2.21. The van der Waals surface area contributed by atoms with Gasteiger partial charge in [0.1, 0.15) is 0 Å². The van der Waals surface area contributed by atoms with Gasteiger partial charge in [-0.25, -0.2) is 0 Å². The van der Waals surface area contributed by atoms with Crippen LogP contribution in [0.25, 0.3) is 12.2 Å². The van der Waals surface area contributed by atoms with E-state index in [1.54, 1.807) is 0 Å². The molecule has 2 aromatic rings. The maximum atomic E-state index is 11.3. The lowest BCUT2D eigenvalue weighted by molar-refractivity contribution is -0.114. The lowest BCUT2D eigenvalue weighted by atomic mass is 10.0. The molecule has 0 aromatic heterocycles. The maximum Gasteiger partial charge on any atom is 0.238 e. The Hall–Kier alpha value is -2.39. The van der Waals surface area contributed by atoms with Gasteiger partial charge >= 0.3 is 0 Å². The molecule has 0 unspecified atom stereocenters. The van der Waals surface area contributed by atoms with Gasteiger partial charge in [0.25, 0.3) is 0 Å². The molecule has 0 radical (unpaired) electrons. The monoisotopic (exact) mass is 280 g/mol. The molecule has 1 amide bonds. The van der Waals surface area contributed by atoms with E-state index in [-0.39, 0.29) is 12.5 Å². The molecule has 0 heterocycles. The van der Waals surface area contributed by atoms with Crippen LogP contribution in [0.4, 0.5) is 5.69 Å². The summed E-state index contributed by atoms with van der Waals surface area (Å²) in [6.45, 7) is 4.19. The minimum atomic E-state index is -0.189. The third-order valence-electron chi connectivity index (χ3n) is 3.34. The summed E-state index contributed by atoms with van der Waals surface area (Å²) in [6, 6.07) is 14.0. The van der Waals surface area contributed by atoms with Gasteiger partial charge in [-0.1, -0.05) is 42.5 Å². The fourth-order valence-electron chi connectivity index (χ4n) is 2.20. The number of nitrogens with two attached hydrogens (primary N) is 1. The fourth-order valence-corrected chi connectivity index (χ4v) is 2.20. The van der Waals surface area contributed by atoms with E-state index in [2.05, 4.69) is 43.4 Å². The molecule has 0 fully saturated rings. The predicted molar refractivity (Wildman–Crippen MR) is 89.0 cm³/mol. The van der Waals surface area contributed by atoms with Crippen molar-refractivity contribution < 1.29 is 4.79 Å². The highest BCUT2D eigenvalue weighted by Gasteiger charge is 2.00. The summed E-state index contributed by atoms with van der Waals surface area (Å²) in [5.41, 5.74) is 10.8. The van der Waals surface area contributed by atoms with E-state index in [4.69, 9.17) is 5.73 Å². The zero-order chi connectivity index (χ0) is 15.2. The number of rotatable bonds is 4. The second-order valence-electron chi connectivity index (χ2n) is 5.02. The smallest absolute Gasteiger partial charge is 0.238 e. The zero-order valence-corrected chi connectivity index (χ0v) is 12.4. The van der Waals surface area contributed by atoms with Gasteiger partial charge in [-0.3, -0.25) is 4.79 Å². The summed E-state index contributed by atoms with van der Waals surface area (Å²) >= 11 is 0. The Morgan fingerprint density at radius 1 is 1.10 bits per heavy atom. The largest absolute Gasteiger partial charge is 0.325 e. The second kappa shape index (κ2) is 6.86. The molecular formula is C18H20N2O. The molecule has 108 valence electrons. The minimum Gasteiger partial charge on any atom is -0.325 e. The van der Waals surface area contributed by atoms with Crippen molar-refractivity contribution in [1.82, 2.24) is 0 Å². The van der Waals surface area contributed by atoms with E-state index >= 15 is 0 Å². The number of aryl methyl sites for hydroxylation is 2. The molecule has 3 nitrogen and oxygen atoms in total. The van der Waals surface area contributed by atoms with E-state index in [9.17, 15) is 4.79 Å². The standard InChI is InChI=1S/C18H20N2O/c1-13-5-3-6-14(2)17(13)10-9-15-7-4-8-16(11-15)20-18(21)12-19/h3-11H,12,19H2,1-2H3,(H,20,21). The third-order valence-corrected chi connectivity index (χ3v) is 3.34. The third kappa shape index (κ3) is 4.04. The number of nitrogens with one attached hydrogen (secondary N) is 1. The molecule has 2 aromatic carbocycles. The van der Waals surface area contributed by atoms with Crippen LogP contribution in [0, 0.1) is 13.8 Å². The summed E-state index contributed by atoms with van der Waals surface area (Å²) in [7, 11) is 0. The Balaban J connectivity index is 2.21. The highest BCUT2D eigenvalue weighted by atomic mass is 16.1. The molecular weight excluding hydrogens is 260 g/mol. The fraction of sp³-hybridized carbons (Fsp3) is 0.167. The van der Waals surface area contributed by atoms with Crippen molar-refractivity contribution >= 4 is 23.7 Å². The number of anilines is 1. The van der Waals surface area contributed by atoms with E-state index < -0.39 is 0 Å². The molecule has 3 heteroatoms. The molecule has 0 atom stereocenters. The van der Waals surface area contributed by atoms with Gasteiger partial charge in [-0.15, -0.1) is 0 Å². The Labute approximate surface area is 125 Å². The van der Waals surface area contributed by atoms with Crippen LogP contribution in [-0.4, -0.2) is 12.5 Å². The summed E-state index contributed by atoms with van der Waals surface area (Å²) in [5.74, 6) is -0.189. The highest BCUT2D eigenvalue weighted by molar-refractivity contribution is 5.92. The molecule has 0 aliphatic heterocycles. The maximum absolute atomic E-state index is 11.3. The van der Waals surface area contributed by atoms with Crippen molar-refractivity contribution in [2.75, 3.05) is 11.9 Å². The van der Waals surface area contributed by atoms with E-state index in [1.807, 2.05) is 30.3 Å². The average molecular weight is 280 g/mol. The molecule has 0 spiro atoms. The van der Waals surface area contributed by atoms with E-state index in [0.717, 1.165) is 11.3 Å². The normalized spacial score (nSPS) is 10.8. The van der Waals surface area contributed by atoms with Crippen LogP contribution in [0.15, 0.2) is 42.5 Å². The summed E-state index contributed by atoms with van der Waals surface area (Å²) in [4.78, 5) is 11.3. The number of carbonyl (C=O) groups excluding carboxylic acids is 1. The Bertz CT molecular complexity index is 654. The van der Waals surface area contributed by atoms with E-state index in [1.165, 1.54) is 16.7 Å². The van der Waals surface area contributed by atoms with E-state index in [0.29, 0.717) is 0 Å². The van der Waals surface area contributed by atoms with Crippen LogP contribution in [0.1, 0.15) is 22.3 Å². The first kappa shape index (κ1) is 15.0. The average Bonchev–Trinajstić information content (AvgIpc) is 2.47. The van der Waals surface area contributed by atoms with Crippen molar-refractivity contribution in [2.24, 2.45) is 5.73 Å². The predicted octanol–water partition coefficient (Wildman–Crippen LogP) is 3.37. The second-order valence-corrected chi connectivity index (χ2v) is 5.02. The Kier molecular flexibility index (Phi) is 4.90. The first-order chi connectivity index (χ1) is 10.1. The Morgan fingerprint density at radius 2 is 1.76 bits per heavy atom. The van der Waals surface area contributed by atoms with Crippen molar-refractivity contribution in [1.29, 1.82) is 0 Å². The highest BCUT2D eigenvalue weighted by Crippen LogP contribution is 2.18. The summed E-state index contributed by atoms with van der Waals surface area (Å²) in [6.07, 6.45) is 4.15. The van der Waals surface area contributed by atoms with Gasteiger partial charge in [0, 0.05) is 5.69 Å². The quantitative estimate of drug-likeness (QED) is 0.844. The van der Waals surface area contributed by atoms with Gasteiger partial charge in [-0.2, -0.15) is 0 Å². The van der Waals surface area contributed by atoms with Crippen molar-refractivity contribution in [3.8, 4) is 0 Å². The SMILES string of the molecule is Cc1cccc(C)c1C=Cc1cccc(NC(=O)CN)c1. The number of carbonyl (C=O) groups is 1. The molecule has 0 saturated carbocycles. The van der Waals surface area contributed by atoms with Crippen LogP contribution < -0.4 is 11.1 Å². The molecule has 21 heavy (non-hydrogen) atoms. The molecule has 3 N–H and O–H groups in total. The minimum absolute atomic E-state index is 0.0114. The van der Waals surface area contributed by atoms with Crippen LogP contribution in [0.3, 0.4) is 0 Å². The van der Waals surface area contributed by atoms with Gasteiger partial charge in [-0.05, 0) is 48.2 Å². The van der Waals surface area contributed by atoms with Gasteiger partial charge in [0.15, 0.2) is 0 Å². The number of hydrogen-bond donors (Lipinski definition) is 2. The first-order valence-corrected chi connectivity index (χ1v) is 6.94. The van der Waals surface area contributed by atoms with Crippen LogP contribution in [0.5, 0.6) is 0 Å². The van der Waals surface area contributed by atoms with Crippen LogP contribution in [-0.2, 0) is 4.79 Å². The first-order valence-electron chi connectivity index (χ1n) is 6.94. The van der Waals surface area contributed by atoms with Crippen LogP contribution in [0.2, 0.25) is 0 Å². The van der Waals surface area contributed by atoms with Crippen LogP contribution >= 0.6 is 0 Å². The molecule has 0 saturated heterocycles. The molecule has 0 aliphatic carbocycles. The summed E-state index contributed by atoms with van der Waals surface area (Å²) in [5, 5.41) is 2.76. The number of hydrogen-bond acceptors (Lipinski definition) is 2. The molecule has 0 bridgehead atoms. The van der Waals surface area contributed by atoms with Crippen molar-refractivity contribution in [3.05, 3.63) is 64.7 Å². The van der Waals surface area contributed by atoms with Gasteiger partial charge in [0.05, 0.1) is 6.54 Å². The lowest BCUT2D eigenvalue weighted by Gasteiger charge is -2.06. The van der Waals surface area contributed by atoms with Crippen molar-refractivity contribution in [3.63, 3.8) is 0 Å². The Morgan fingerprint density at radius 3 is 2.43 bits per heavy atom. The summed E-state index contributed by atoms with van der Waals surface area (Å²) < 4.78 is 0.